The molecule has 0 amide bonds. The number of hydrogen-bond donors (Lipinski definition) is 1. The molecule has 0 aromatic heterocycles. The van der Waals surface area contributed by atoms with Gasteiger partial charge in [-0.1, -0.05) is 26.0 Å². The van der Waals surface area contributed by atoms with E-state index < -0.39 is 0 Å². The van der Waals surface area contributed by atoms with Crippen molar-refractivity contribution in [1.29, 1.82) is 0 Å². The van der Waals surface area contributed by atoms with E-state index in [9.17, 15) is 0 Å². The van der Waals surface area contributed by atoms with Crippen molar-refractivity contribution >= 4 is 23.5 Å². The van der Waals surface area contributed by atoms with Gasteiger partial charge in [-0.25, -0.2) is 0 Å². The fourth-order valence-corrected chi connectivity index (χ4v) is 3.44. The molecule has 1 aromatic carbocycles. The maximum absolute atomic E-state index is 3.44. The average molecular weight is 284 g/mol. The topological polar surface area (TPSA) is 12.0 Å². The predicted octanol–water partition coefficient (Wildman–Crippen LogP) is 4.59. The lowest BCUT2D eigenvalue weighted by molar-refractivity contribution is 0.598. The Kier molecular flexibility index (Phi) is 8.64. The molecule has 0 saturated heterocycles. The Labute approximate surface area is 121 Å². The summed E-state index contributed by atoms with van der Waals surface area (Å²) in [5.74, 6) is 3.76. The summed E-state index contributed by atoms with van der Waals surface area (Å²) in [6, 6.07) is 9.45. The highest BCUT2D eigenvalue weighted by Gasteiger charge is 2.03. The van der Waals surface area contributed by atoms with E-state index in [0.29, 0.717) is 6.04 Å². The van der Waals surface area contributed by atoms with Crippen LogP contribution in [0.4, 0.5) is 0 Å². The molecule has 0 aliphatic heterocycles. The van der Waals surface area contributed by atoms with E-state index in [1.54, 1.807) is 0 Å². The molecule has 1 atom stereocenters. The van der Waals surface area contributed by atoms with Crippen LogP contribution in [0.3, 0.4) is 0 Å². The van der Waals surface area contributed by atoms with E-state index in [0.717, 1.165) is 6.54 Å². The number of thioether (sulfide) groups is 2. The molecule has 3 heteroatoms. The van der Waals surface area contributed by atoms with Gasteiger partial charge in [-0.05, 0) is 54.8 Å². The highest BCUT2D eigenvalue weighted by Crippen LogP contribution is 2.22. The summed E-state index contributed by atoms with van der Waals surface area (Å²) >= 11 is 4.00. The molecule has 1 nitrogen and oxygen atoms in total. The smallest absolute Gasteiger partial charge is 0.0291 e. The van der Waals surface area contributed by atoms with Gasteiger partial charge in [0.1, 0.15) is 0 Å². The summed E-state index contributed by atoms with van der Waals surface area (Å²) in [6.07, 6.45) is 1.30. The molecule has 0 fully saturated rings. The number of benzene rings is 1. The van der Waals surface area contributed by atoms with E-state index in [2.05, 4.69) is 50.4 Å². The normalized spacial score (nSPS) is 12.6. The Bertz CT molecular complexity index is 311. The monoisotopic (exact) mass is 283 g/mol. The van der Waals surface area contributed by atoms with Gasteiger partial charge >= 0.3 is 0 Å². The zero-order valence-electron chi connectivity index (χ0n) is 11.7. The van der Waals surface area contributed by atoms with Crippen molar-refractivity contribution in [1.82, 2.24) is 5.32 Å². The quantitative estimate of drug-likeness (QED) is 0.526. The van der Waals surface area contributed by atoms with Crippen molar-refractivity contribution in [2.45, 2.75) is 38.1 Å². The minimum absolute atomic E-state index is 0.454. The summed E-state index contributed by atoms with van der Waals surface area (Å²) in [4.78, 5) is 1.39. The Balaban J connectivity index is 2.31. The van der Waals surface area contributed by atoms with Gasteiger partial charge in [-0.2, -0.15) is 11.8 Å². The maximum Gasteiger partial charge on any atom is 0.0291 e. The third kappa shape index (κ3) is 6.17. The largest absolute Gasteiger partial charge is 0.310 e. The predicted molar refractivity (Wildman–Crippen MR) is 86.9 cm³/mol. The molecule has 1 rings (SSSR count). The van der Waals surface area contributed by atoms with Crippen LogP contribution < -0.4 is 5.32 Å². The highest BCUT2D eigenvalue weighted by molar-refractivity contribution is 8.00. The fraction of sp³-hybridized carbons (Fsp3) is 0.600. The number of nitrogens with one attached hydrogen (secondary N) is 1. The first-order valence-electron chi connectivity index (χ1n) is 6.81. The van der Waals surface area contributed by atoms with Gasteiger partial charge in [0.25, 0.3) is 0 Å². The molecule has 0 aliphatic carbocycles. The van der Waals surface area contributed by atoms with Gasteiger partial charge in [-0.15, -0.1) is 11.8 Å². The molecule has 0 radical (unpaired) electrons. The van der Waals surface area contributed by atoms with Crippen molar-refractivity contribution in [2.24, 2.45) is 0 Å². The van der Waals surface area contributed by atoms with E-state index in [4.69, 9.17) is 0 Å². The lowest BCUT2D eigenvalue weighted by Gasteiger charge is -2.13. The molecule has 0 saturated carbocycles. The third-order valence-corrected chi connectivity index (χ3v) is 4.88. The minimum Gasteiger partial charge on any atom is -0.310 e. The van der Waals surface area contributed by atoms with Crippen LogP contribution in [0.1, 0.15) is 38.8 Å². The zero-order chi connectivity index (χ0) is 13.2. The Morgan fingerprint density at radius 1 is 1.11 bits per heavy atom. The maximum atomic E-state index is 3.44. The molecule has 1 N–H and O–H groups in total. The van der Waals surface area contributed by atoms with Crippen LogP contribution >= 0.6 is 23.5 Å². The molecule has 18 heavy (non-hydrogen) atoms. The molecular formula is C15H25NS2. The molecule has 1 aromatic rings. The van der Waals surface area contributed by atoms with Crippen LogP contribution in [0, 0.1) is 0 Å². The van der Waals surface area contributed by atoms with Crippen LogP contribution in [0.5, 0.6) is 0 Å². The summed E-state index contributed by atoms with van der Waals surface area (Å²) in [5.41, 5.74) is 1.38. The molecule has 0 heterocycles. The summed E-state index contributed by atoms with van der Waals surface area (Å²) in [5, 5.41) is 3.44. The highest BCUT2D eigenvalue weighted by atomic mass is 32.2. The van der Waals surface area contributed by atoms with Gasteiger partial charge in [0, 0.05) is 10.9 Å². The summed E-state index contributed by atoms with van der Waals surface area (Å²) in [7, 11) is 0. The Hall–Kier alpha value is -0.120. The van der Waals surface area contributed by atoms with Gasteiger partial charge in [-0.3, -0.25) is 0 Å². The second-order valence-electron chi connectivity index (χ2n) is 4.25. The first-order chi connectivity index (χ1) is 8.77. The lowest BCUT2D eigenvalue weighted by Crippen LogP contribution is -2.17. The van der Waals surface area contributed by atoms with Crippen LogP contribution in [0.2, 0.25) is 0 Å². The van der Waals surface area contributed by atoms with Gasteiger partial charge in [0.15, 0.2) is 0 Å². The standard InChI is InChI=1S/C15H25NS2/c1-4-16-13(3)14-7-9-15(10-8-14)18-12-6-11-17-5-2/h7-10,13,16H,4-6,11-12H2,1-3H3. The molecule has 0 aliphatic rings. The lowest BCUT2D eigenvalue weighted by atomic mass is 10.1. The van der Waals surface area contributed by atoms with Crippen molar-refractivity contribution < 1.29 is 0 Å². The second-order valence-corrected chi connectivity index (χ2v) is 6.81. The first kappa shape index (κ1) is 15.9. The van der Waals surface area contributed by atoms with Crippen molar-refractivity contribution in [2.75, 3.05) is 23.8 Å². The van der Waals surface area contributed by atoms with Crippen molar-refractivity contribution in [3.63, 3.8) is 0 Å². The number of rotatable bonds is 9. The molecular weight excluding hydrogens is 258 g/mol. The van der Waals surface area contributed by atoms with Gasteiger partial charge in [0.05, 0.1) is 0 Å². The summed E-state index contributed by atoms with van der Waals surface area (Å²) < 4.78 is 0. The first-order valence-corrected chi connectivity index (χ1v) is 8.95. The van der Waals surface area contributed by atoms with E-state index in [-0.39, 0.29) is 0 Å². The van der Waals surface area contributed by atoms with Gasteiger partial charge < -0.3 is 5.32 Å². The summed E-state index contributed by atoms with van der Waals surface area (Å²) in [6.45, 7) is 7.61. The van der Waals surface area contributed by atoms with Crippen LogP contribution in [-0.4, -0.2) is 23.8 Å². The van der Waals surface area contributed by atoms with Crippen molar-refractivity contribution in [3.05, 3.63) is 29.8 Å². The molecule has 1 unspecified atom stereocenters. The fourth-order valence-electron chi connectivity index (χ4n) is 1.77. The van der Waals surface area contributed by atoms with Crippen molar-refractivity contribution in [3.8, 4) is 0 Å². The zero-order valence-corrected chi connectivity index (χ0v) is 13.4. The Morgan fingerprint density at radius 2 is 1.83 bits per heavy atom. The van der Waals surface area contributed by atoms with E-state index in [1.165, 1.54) is 34.1 Å². The SMILES string of the molecule is CCNC(C)c1ccc(SCCCSCC)cc1. The second kappa shape index (κ2) is 9.76. The molecule has 0 spiro atoms. The van der Waals surface area contributed by atoms with E-state index in [1.807, 2.05) is 23.5 Å². The molecule has 102 valence electrons. The van der Waals surface area contributed by atoms with Gasteiger partial charge in [0.2, 0.25) is 0 Å². The Morgan fingerprint density at radius 3 is 2.44 bits per heavy atom. The minimum atomic E-state index is 0.454. The van der Waals surface area contributed by atoms with Crippen LogP contribution in [0.15, 0.2) is 29.2 Å². The average Bonchev–Trinajstić information content (AvgIpc) is 2.39. The number of hydrogen-bond acceptors (Lipinski definition) is 3. The molecule has 0 bridgehead atoms. The third-order valence-electron chi connectivity index (χ3n) is 2.80. The van der Waals surface area contributed by atoms with Crippen LogP contribution in [0.25, 0.3) is 0 Å². The van der Waals surface area contributed by atoms with Crippen LogP contribution in [-0.2, 0) is 0 Å². The van der Waals surface area contributed by atoms with E-state index >= 15 is 0 Å².